The number of esters is 3. The number of aryl methyl sites for hydroxylation is 1. The third-order valence-corrected chi connectivity index (χ3v) is 11.6. The first-order valence-electron chi connectivity index (χ1n) is 24.4. The van der Waals surface area contributed by atoms with Gasteiger partial charge in [-0.1, -0.05) is 168 Å². The Hall–Kier alpha value is -3.69. The maximum Gasteiger partial charge on any atom is 0.482 e. The summed E-state index contributed by atoms with van der Waals surface area (Å²) in [5.74, 6) is -2.41. The Labute approximate surface area is 370 Å². The third kappa shape index (κ3) is 24.5. The van der Waals surface area contributed by atoms with Crippen LogP contribution in [0, 0.1) is 0 Å². The number of rotatable bonds is 37. The van der Waals surface area contributed by atoms with Gasteiger partial charge >= 0.3 is 17.9 Å². The first kappa shape index (κ1) is 53.4. The molecule has 0 aliphatic carbocycles. The van der Waals surface area contributed by atoms with Gasteiger partial charge in [0.25, 0.3) is 0 Å². The van der Waals surface area contributed by atoms with Crippen molar-refractivity contribution in [2.24, 2.45) is 12.0 Å². The number of carbonyl (C=O) groups is 2. The van der Waals surface area contributed by atoms with Crippen LogP contribution in [-0.2, 0) is 35.6 Å². The Bertz CT molecular complexity index is 1470. The Morgan fingerprint density at radius 1 is 0.639 bits per heavy atom. The molecule has 0 spiro atoms. The molecule has 346 valence electrons. The van der Waals surface area contributed by atoms with Crippen LogP contribution in [0.25, 0.3) is 0 Å². The van der Waals surface area contributed by atoms with Gasteiger partial charge in [0.1, 0.15) is 20.1 Å². The normalized spacial score (nSPS) is 14.8. The second-order valence-electron chi connectivity index (χ2n) is 17.1. The summed E-state index contributed by atoms with van der Waals surface area (Å²) >= 11 is 0. The van der Waals surface area contributed by atoms with E-state index in [0.29, 0.717) is 29.8 Å². The van der Waals surface area contributed by atoms with E-state index >= 15 is 0 Å². The summed E-state index contributed by atoms with van der Waals surface area (Å²) < 4.78 is 24.0. The second kappa shape index (κ2) is 34.8. The van der Waals surface area contributed by atoms with Gasteiger partial charge in [-0.15, -0.1) is 0 Å². The lowest BCUT2D eigenvalue weighted by Crippen LogP contribution is -2.32. The predicted octanol–water partition coefficient (Wildman–Crippen LogP) is 11.5. The van der Waals surface area contributed by atoms with E-state index in [0.717, 1.165) is 38.5 Å². The van der Waals surface area contributed by atoms with Crippen LogP contribution in [0.1, 0.15) is 219 Å². The number of nitrogens with zero attached hydrogens (tertiary/aromatic N) is 2. The lowest BCUT2D eigenvalue weighted by molar-refractivity contribution is -0.671. The SMILES string of the molecule is CCCCCCCCCCCCCCCC(=O)OCCOC([O-])=C1C(C)=NC(C)=C(C(=O)OCCOC(=[OH+])CCCCCCCCCCCCCCC)C1c1ccc[n+](C)c1. The van der Waals surface area contributed by atoms with Crippen molar-refractivity contribution in [3.8, 4) is 0 Å². The largest absolute Gasteiger partial charge is 0.609 e. The summed E-state index contributed by atoms with van der Waals surface area (Å²) in [6, 6.07) is 3.69. The fourth-order valence-corrected chi connectivity index (χ4v) is 8.05. The van der Waals surface area contributed by atoms with Crippen LogP contribution in [-0.4, -0.2) is 54.8 Å². The van der Waals surface area contributed by atoms with Gasteiger partial charge in [-0.3, -0.25) is 9.79 Å². The van der Waals surface area contributed by atoms with Crippen molar-refractivity contribution in [2.75, 3.05) is 26.4 Å². The highest BCUT2D eigenvalue weighted by atomic mass is 16.6. The van der Waals surface area contributed by atoms with E-state index < -0.39 is 17.8 Å². The molecule has 0 saturated heterocycles. The van der Waals surface area contributed by atoms with E-state index in [-0.39, 0.29) is 49.5 Å². The molecule has 1 aliphatic rings. The van der Waals surface area contributed by atoms with Crippen LogP contribution >= 0.6 is 0 Å². The zero-order chi connectivity index (χ0) is 44.3. The van der Waals surface area contributed by atoms with Gasteiger partial charge in [-0.2, -0.15) is 0 Å². The van der Waals surface area contributed by atoms with E-state index in [1.54, 1.807) is 13.8 Å². The summed E-state index contributed by atoms with van der Waals surface area (Å²) in [6.07, 6.45) is 36.9. The topological polar surface area (TPSA) is 132 Å². The Kier molecular flexibility index (Phi) is 30.5. The lowest BCUT2D eigenvalue weighted by Gasteiger charge is -2.31. The van der Waals surface area contributed by atoms with Gasteiger partial charge in [-0.05, 0) is 32.8 Å². The minimum absolute atomic E-state index is 0.00625. The third-order valence-electron chi connectivity index (χ3n) is 11.6. The molecular formula is C51H85N2O8+. The van der Waals surface area contributed by atoms with Crippen molar-refractivity contribution >= 4 is 23.6 Å². The molecular weight excluding hydrogens is 769 g/mol. The van der Waals surface area contributed by atoms with Crippen molar-refractivity contribution in [3.63, 3.8) is 0 Å². The highest BCUT2D eigenvalue weighted by molar-refractivity contribution is 6.06. The molecule has 2 heterocycles. The summed E-state index contributed by atoms with van der Waals surface area (Å²) in [6.45, 7) is 7.71. The summed E-state index contributed by atoms with van der Waals surface area (Å²) in [5.41, 5.74) is 2.03. The predicted molar refractivity (Wildman–Crippen MR) is 245 cm³/mol. The smallest absolute Gasteiger partial charge is 0.482 e. The number of aromatic nitrogens is 1. The Balaban J connectivity index is 1.76. The van der Waals surface area contributed by atoms with Crippen LogP contribution in [0.3, 0.4) is 0 Å². The van der Waals surface area contributed by atoms with Gasteiger partial charge in [-0.25, -0.2) is 9.36 Å². The van der Waals surface area contributed by atoms with E-state index in [1.807, 2.05) is 36.1 Å². The molecule has 10 heteroatoms. The van der Waals surface area contributed by atoms with Gasteiger partial charge in [0.05, 0.1) is 17.4 Å². The van der Waals surface area contributed by atoms with Crippen LogP contribution in [0.5, 0.6) is 0 Å². The molecule has 0 radical (unpaired) electrons. The minimum atomic E-state index is -0.792. The maximum atomic E-state index is 13.7. The van der Waals surface area contributed by atoms with E-state index in [9.17, 15) is 19.5 Å². The van der Waals surface area contributed by atoms with E-state index in [2.05, 4.69) is 18.8 Å². The monoisotopic (exact) mass is 854 g/mol. The molecule has 1 N–H and O–H groups in total. The van der Waals surface area contributed by atoms with E-state index in [1.165, 1.54) is 128 Å². The zero-order valence-corrected chi connectivity index (χ0v) is 39.2. The average Bonchev–Trinajstić information content (AvgIpc) is 3.24. The Morgan fingerprint density at radius 3 is 1.59 bits per heavy atom. The van der Waals surface area contributed by atoms with Crippen molar-refractivity contribution in [1.82, 2.24) is 0 Å². The first-order valence-corrected chi connectivity index (χ1v) is 24.4. The number of pyridine rings is 1. The molecule has 1 aromatic rings. The minimum Gasteiger partial charge on any atom is -0.609 e. The molecule has 0 saturated carbocycles. The molecule has 0 amide bonds. The summed E-state index contributed by atoms with van der Waals surface area (Å²) in [5, 5.41) is 13.7. The summed E-state index contributed by atoms with van der Waals surface area (Å²) in [4.78, 5) is 40.9. The van der Waals surface area contributed by atoms with Crippen molar-refractivity contribution in [3.05, 3.63) is 52.9 Å². The van der Waals surface area contributed by atoms with Crippen molar-refractivity contribution in [2.45, 2.75) is 213 Å². The highest BCUT2D eigenvalue weighted by Gasteiger charge is 2.36. The van der Waals surface area contributed by atoms with E-state index in [4.69, 9.17) is 18.9 Å². The second-order valence-corrected chi connectivity index (χ2v) is 17.1. The van der Waals surface area contributed by atoms with Gasteiger partial charge in [0, 0.05) is 41.6 Å². The molecule has 0 aromatic carbocycles. The number of hydrogen-bond acceptors (Lipinski definition) is 8. The highest BCUT2D eigenvalue weighted by Crippen LogP contribution is 2.39. The number of aliphatic imine (C=N–C) groups is 1. The van der Waals surface area contributed by atoms with Gasteiger partial charge < -0.3 is 28.8 Å². The van der Waals surface area contributed by atoms with Crippen molar-refractivity contribution < 1.29 is 43.0 Å². The van der Waals surface area contributed by atoms with Crippen LogP contribution in [0.15, 0.2) is 52.3 Å². The zero-order valence-electron chi connectivity index (χ0n) is 39.2. The molecule has 1 atom stereocenters. The fraction of sp³-hybridized carbons (Fsp3) is 0.745. The number of carbonyl (C=O) groups excluding carboxylic acids is 3. The molecule has 10 nitrogen and oxygen atoms in total. The molecule has 1 aliphatic heterocycles. The van der Waals surface area contributed by atoms with Crippen molar-refractivity contribution in [1.29, 1.82) is 0 Å². The standard InChI is InChI=1S/C51H84N2O8/c1-6-8-10-12-14-16-18-20-22-24-26-28-30-34-45(54)58-37-39-60-50(56)47-42(3)52-43(4)48(49(47)44-33-32-36-53(5)41-44)51(57)61-40-38-59-46(55)35-31-29-27-25-23-21-19-17-15-13-11-9-7-2/h32-33,36,41,49H,6-31,34-35,37-40H2,1-5H3/p+1. The van der Waals surface area contributed by atoms with Crippen LogP contribution < -0.4 is 9.67 Å². The lowest BCUT2D eigenvalue weighted by atomic mass is 9.80. The number of hydrogen-bond donors (Lipinski definition) is 0. The summed E-state index contributed by atoms with van der Waals surface area (Å²) in [7, 11) is 1.87. The number of unbranched alkanes of at least 4 members (excludes halogenated alkanes) is 24. The van der Waals surface area contributed by atoms with Crippen LogP contribution in [0.4, 0.5) is 0 Å². The van der Waals surface area contributed by atoms with Gasteiger partial charge in [0.15, 0.2) is 19.0 Å². The van der Waals surface area contributed by atoms with Gasteiger partial charge in [0.2, 0.25) is 6.61 Å². The first-order chi connectivity index (χ1) is 29.7. The number of ether oxygens (including phenoxy) is 4. The quantitative estimate of drug-likeness (QED) is 0.0163. The Morgan fingerprint density at radius 2 is 1.08 bits per heavy atom. The molecule has 0 bridgehead atoms. The van der Waals surface area contributed by atoms with Crippen LogP contribution in [0.2, 0.25) is 0 Å². The average molecular weight is 854 g/mol. The fourth-order valence-electron chi connectivity index (χ4n) is 8.05. The maximum absolute atomic E-state index is 13.7. The number of allylic oxidation sites excluding steroid dienone is 2. The molecule has 0 fully saturated rings. The molecule has 61 heavy (non-hydrogen) atoms. The molecule has 1 unspecified atom stereocenters. The molecule has 2 rings (SSSR count). The molecule has 1 aromatic heterocycles.